The van der Waals surface area contributed by atoms with Crippen LogP contribution < -0.4 is 0 Å². The molecule has 2 heteroatoms. The normalized spacial score (nSPS) is 36.0. The third-order valence-electron chi connectivity index (χ3n) is 3.00. The van der Waals surface area contributed by atoms with Crippen molar-refractivity contribution in [1.29, 1.82) is 0 Å². The minimum Gasteiger partial charge on any atom is -0.382 e. The second-order valence-corrected chi connectivity index (χ2v) is 4.15. The van der Waals surface area contributed by atoms with Gasteiger partial charge < -0.3 is 9.47 Å². The van der Waals surface area contributed by atoms with Crippen LogP contribution >= 0.6 is 0 Å². The van der Waals surface area contributed by atoms with Gasteiger partial charge in [-0.15, -0.1) is 0 Å². The van der Waals surface area contributed by atoms with Crippen LogP contribution in [0.3, 0.4) is 0 Å². The monoisotopic (exact) mass is 158 g/mol. The van der Waals surface area contributed by atoms with E-state index >= 15 is 0 Å². The van der Waals surface area contributed by atoms with E-state index in [-0.39, 0.29) is 11.0 Å². The lowest BCUT2D eigenvalue weighted by molar-refractivity contribution is -0.0837. The first-order valence-corrected chi connectivity index (χ1v) is 4.15. The summed E-state index contributed by atoms with van der Waals surface area (Å²) < 4.78 is 10.8. The Kier molecular flexibility index (Phi) is 2.26. The minimum absolute atomic E-state index is 0.0816. The van der Waals surface area contributed by atoms with E-state index in [0.29, 0.717) is 6.61 Å². The molecule has 0 saturated carbocycles. The molecule has 1 heterocycles. The van der Waals surface area contributed by atoms with E-state index in [1.807, 2.05) is 0 Å². The van der Waals surface area contributed by atoms with Crippen molar-refractivity contribution in [3.63, 3.8) is 0 Å². The predicted molar refractivity (Wildman–Crippen MR) is 44.6 cm³/mol. The number of methoxy groups -OCH3 is 1. The Hall–Kier alpha value is -0.0800. The lowest BCUT2D eigenvalue weighted by Gasteiger charge is -2.35. The number of rotatable bonds is 2. The Morgan fingerprint density at radius 3 is 2.36 bits per heavy atom. The minimum atomic E-state index is -0.0816. The van der Waals surface area contributed by atoms with Gasteiger partial charge >= 0.3 is 0 Å². The molecule has 1 rings (SSSR count). The number of ether oxygens (including phenoxy) is 2. The second-order valence-electron chi connectivity index (χ2n) is 4.15. The third kappa shape index (κ3) is 1.42. The number of hydrogen-bond acceptors (Lipinski definition) is 2. The summed E-state index contributed by atoms with van der Waals surface area (Å²) in [6, 6.07) is 0. The van der Waals surface area contributed by atoms with E-state index in [1.54, 1.807) is 7.11 Å². The van der Waals surface area contributed by atoms with Crippen molar-refractivity contribution >= 4 is 0 Å². The zero-order chi connectivity index (χ0) is 8.54. The first kappa shape index (κ1) is 9.01. The highest BCUT2D eigenvalue weighted by Crippen LogP contribution is 2.42. The van der Waals surface area contributed by atoms with Crippen molar-refractivity contribution in [3.05, 3.63) is 0 Å². The van der Waals surface area contributed by atoms with E-state index in [0.717, 1.165) is 13.0 Å². The predicted octanol–water partition coefficient (Wildman–Crippen LogP) is 1.84. The molecule has 66 valence electrons. The summed E-state index contributed by atoms with van der Waals surface area (Å²) in [7, 11) is 1.73. The highest BCUT2D eigenvalue weighted by Gasteiger charge is 2.46. The fraction of sp³-hybridized carbons (Fsp3) is 1.00. The topological polar surface area (TPSA) is 18.5 Å². The highest BCUT2D eigenvalue weighted by molar-refractivity contribution is 4.95. The van der Waals surface area contributed by atoms with E-state index in [4.69, 9.17) is 9.47 Å². The van der Waals surface area contributed by atoms with Gasteiger partial charge in [-0.1, -0.05) is 13.8 Å². The Labute approximate surface area is 68.9 Å². The molecule has 1 aliphatic rings. The van der Waals surface area contributed by atoms with Crippen LogP contribution in [-0.4, -0.2) is 25.9 Å². The molecule has 0 radical (unpaired) electrons. The molecule has 0 N–H and O–H groups in total. The summed E-state index contributed by atoms with van der Waals surface area (Å²) in [5, 5.41) is 0. The van der Waals surface area contributed by atoms with Gasteiger partial charge in [-0.3, -0.25) is 0 Å². The van der Waals surface area contributed by atoms with E-state index in [9.17, 15) is 0 Å². The Balaban J connectivity index is 2.68. The summed E-state index contributed by atoms with van der Waals surface area (Å²) in [6.07, 6.45) is 1.13. The van der Waals surface area contributed by atoms with Crippen molar-refractivity contribution in [2.75, 3.05) is 20.3 Å². The molecule has 1 atom stereocenters. The first-order chi connectivity index (χ1) is 5.02. The summed E-state index contributed by atoms with van der Waals surface area (Å²) in [5.41, 5.74) is 0.171. The molecule has 2 nitrogen and oxygen atoms in total. The summed E-state index contributed by atoms with van der Waals surface area (Å²) >= 11 is 0. The molecule has 0 aliphatic carbocycles. The maximum Gasteiger partial charge on any atom is 0.0938 e. The quantitative estimate of drug-likeness (QED) is 0.610. The fourth-order valence-corrected chi connectivity index (χ4v) is 1.50. The van der Waals surface area contributed by atoms with Crippen molar-refractivity contribution in [3.8, 4) is 0 Å². The Morgan fingerprint density at radius 2 is 2.00 bits per heavy atom. The molecule has 0 bridgehead atoms. The fourth-order valence-electron chi connectivity index (χ4n) is 1.50. The van der Waals surface area contributed by atoms with Crippen LogP contribution in [0.15, 0.2) is 0 Å². The molecule has 1 unspecified atom stereocenters. The van der Waals surface area contributed by atoms with E-state index in [2.05, 4.69) is 20.8 Å². The molecular formula is C9H18O2. The zero-order valence-corrected chi connectivity index (χ0v) is 7.94. The Morgan fingerprint density at radius 1 is 1.36 bits per heavy atom. The highest BCUT2D eigenvalue weighted by atomic mass is 16.5. The van der Waals surface area contributed by atoms with Gasteiger partial charge in [-0.05, 0) is 18.8 Å². The molecule has 1 aliphatic heterocycles. The average Bonchev–Trinajstić information content (AvgIpc) is 2.09. The van der Waals surface area contributed by atoms with Crippen LogP contribution in [-0.2, 0) is 9.47 Å². The van der Waals surface area contributed by atoms with Gasteiger partial charge in [0.1, 0.15) is 0 Å². The van der Waals surface area contributed by atoms with Crippen molar-refractivity contribution < 1.29 is 9.47 Å². The van der Waals surface area contributed by atoms with Gasteiger partial charge in [0, 0.05) is 13.7 Å². The van der Waals surface area contributed by atoms with Crippen molar-refractivity contribution in [2.45, 2.75) is 32.8 Å². The van der Waals surface area contributed by atoms with Gasteiger partial charge in [0.15, 0.2) is 0 Å². The molecule has 0 aromatic heterocycles. The number of hydrogen-bond donors (Lipinski definition) is 0. The lowest BCUT2D eigenvalue weighted by Crippen LogP contribution is -2.42. The lowest BCUT2D eigenvalue weighted by atomic mass is 9.76. The first-order valence-electron chi connectivity index (χ1n) is 4.15. The van der Waals surface area contributed by atoms with Crippen molar-refractivity contribution in [2.24, 2.45) is 5.41 Å². The largest absolute Gasteiger partial charge is 0.382 e. The Bertz CT molecular complexity index is 142. The SMILES string of the molecule is COCC1(C)OCCC1(C)C. The van der Waals surface area contributed by atoms with Crippen LogP contribution in [0.5, 0.6) is 0 Å². The molecule has 0 amide bonds. The second kappa shape index (κ2) is 2.76. The van der Waals surface area contributed by atoms with Crippen LogP contribution in [0.2, 0.25) is 0 Å². The average molecular weight is 158 g/mol. The molecular weight excluding hydrogens is 140 g/mol. The van der Waals surface area contributed by atoms with Gasteiger partial charge in [-0.2, -0.15) is 0 Å². The van der Waals surface area contributed by atoms with Crippen LogP contribution in [0.4, 0.5) is 0 Å². The van der Waals surface area contributed by atoms with Gasteiger partial charge in [0.2, 0.25) is 0 Å². The van der Waals surface area contributed by atoms with Crippen LogP contribution in [0.1, 0.15) is 27.2 Å². The third-order valence-corrected chi connectivity index (χ3v) is 3.00. The van der Waals surface area contributed by atoms with Gasteiger partial charge in [-0.25, -0.2) is 0 Å². The van der Waals surface area contributed by atoms with Crippen molar-refractivity contribution in [1.82, 2.24) is 0 Å². The molecule has 0 spiro atoms. The molecule has 0 aromatic rings. The standard InChI is InChI=1S/C9H18O2/c1-8(2)5-6-11-9(8,3)7-10-4/h5-7H2,1-4H3. The summed E-state index contributed by atoms with van der Waals surface area (Å²) in [6.45, 7) is 8.16. The van der Waals surface area contributed by atoms with Gasteiger partial charge in [0.25, 0.3) is 0 Å². The van der Waals surface area contributed by atoms with E-state index in [1.165, 1.54) is 0 Å². The summed E-state index contributed by atoms with van der Waals surface area (Å²) in [5.74, 6) is 0. The zero-order valence-electron chi connectivity index (χ0n) is 7.94. The molecule has 1 saturated heterocycles. The van der Waals surface area contributed by atoms with Gasteiger partial charge in [0.05, 0.1) is 12.2 Å². The van der Waals surface area contributed by atoms with E-state index < -0.39 is 0 Å². The maximum absolute atomic E-state index is 5.67. The molecule has 1 fully saturated rings. The smallest absolute Gasteiger partial charge is 0.0938 e. The maximum atomic E-state index is 5.67. The summed E-state index contributed by atoms with van der Waals surface area (Å²) in [4.78, 5) is 0. The van der Waals surface area contributed by atoms with Crippen LogP contribution in [0.25, 0.3) is 0 Å². The van der Waals surface area contributed by atoms with Crippen LogP contribution in [0, 0.1) is 5.41 Å². The molecule has 11 heavy (non-hydrogen) atoms. The molecule has 0 aromatic carbocycles.